The van der Waals surface area contributed by atoms with Gasteiger partial charge in [-0.1, -0.05) is 42.5 Å². The van der Waals surface area contributed by atoms with E-state index >= 15 is 0 Å². The third-order valence-electron chi connectivity index (χ3n) is 5.81. The molecule has 1 heterocycles. The monoisotopic (exact) mass is 471 g/mol. The molecule has 0 saturated carbocycles. The maximum Gasteiger partial charge on any atom is 0.308 e. The van der Waals surface area contributed by atoms with Gasteiger partial charge in [0.25, 0.3) is 0 Å². The molecule has 0 radical (unpaired) electrons. The molecule has 6 nitrogen and oxygen atoms in total. The van der Waals surface area contributed by atoms with Gasteiger partial charge in [-0.25, -0.2) is 8.42 Å². The number of benzene rings is 3. The molecule has 3 aromatic carbocycles. The van der Waals surface area contributed by atoms with Crippen LogP contribution in [0.15, 0.2) is 71.6 Å². The van der Waals surface area contributed by atoms with E-state index in [0.29, 0.717) is 18.7 Å². The lowest BCUT2D eigenvalue weighted by Gasteiger charge is -2.35. The number of carbonyl (C=O) groups is 1. The number of thioether (sulfide) groups is 1. The number of nitrogens with zero attached hydrogens (tertiary/aromatic N) is 1. The van der Waals surface area contributed by atoms with Crippen LogP contribution in [0.5, 0.6) is 5.75 Å². The maximum atomic E-state index is 13.3. The lowest BCUT2D eigenvalue weighted by atomic mass is 9.99. The summed E-state index contributed by atoms with van der Waals surface area (Å²) in [5.74, 6) is -0.289. The van der Waals surface area contributed by atoms with Crippen LogP contribution in [0.4, 0.5) is 0 Å². The van der Waals surface area contributed by atoms with Crippen LogP contribution in [-0.4, -0.2) is 49.2 Å². The van der Waals surface area contributed by atoms with E-state index in [1.54, 1.807) is 37.1 Å². The number of piperidine rings is 1. The van der Waals surface area contributed by atoms with Crippen LogP contribution in [0.1, 0.15) is 12.0 Å². The summed E-state index contributed by atoms with van der Waals surface area (Å²) < 4.78 is 33.0. The highest BCUT2D eigenvalue weighted by molar-refractivity contribution is 7.99. The smallest absolute Gasteiger partial charge is 0.308 e. The number of rotatable bonds is 7. The van der Waals surface area contributed by atoms with Gasteiger partial charge in [0.15, 0.2) is 0 Å². The molecule has 2 atom stereocenters. The van der Waals surface area contributed by atoms with Crippen molar-refractivity contribution in [3.63, 3.8) is 0 Å². The summed E-state index contributed by atoms with van der Waals surface area (Å²) in [7, 11) is -2.16. The molecule has 168 valence electrons. The minimum Gasteiger partial charge on any atom is -0.497 e. The zero-order valence-electron chi connectivity index (χ0n) is 17.7. The topological polar surface area (TPSA) is 83.9 Å². The quantitative estimate of drug-likeness (QED) is 0.555. The summed E-state index contributed by atoms with van der Waals surface area (Å²) in [6.07, 6.45) is 0.491. The number of ether oxygens (including phenoxy) is 1. The first-order chi connectivity index (χ1) is 15.4. The van der Waals surface area contributed by atoms with E-state index in [1.807, 2.05) is 48.5 Å². The average Bonchev–Trinajstić information content (AvgIpc) is 2.82. The number of hydrogen-bond donors (Lipinski definition) is 1. The second kappa shape index (κ2) is 9.52. The average molecular weight is 472 g/mol. The Kier molecular flexibility index (Phi) is 6.74. The Morgan fingerprint density at radius 1 is 1.09 bits per heavy atom. The Hall–Kier alpha value is -2.55. The summed E-state index contributed by atoms with van der Waals surface area (Å²) in [5.41, 5.74) is 1.08. The predicted octanol–water partition coefficient (Wildman–Crippen LogP) is 4.25. The van der Waals surface area contributed by atoms with Gasteiger partial charge in [0.2, 0.25) is 10.0 Å². The van der Waals surface area contributed by atoms with Crippen LogP contribution in [0.25, 0.3) is 10.8 Å². The van der Waals surface area contributed by atoms with Gasteiger partial charge in [-0.2, -0.15) is 16.1 Å². The molecule has 1 saturated heterocycles. The Morgan fingerprint density at radius 3 is 2.50 bits per heavy atom. The summed E-state index contributed by atoms with van der Waals surface area (Å²) in [6, 6.07) is 20.3. The molecular formula is C24H25NO5S2. The molecule has 1 N–H and O–H groups in total. The zero-order valence-corrected chi connectivity index (χ0v) is 19.3. The molecule has 32 heavy (non-hydrogen) atoms. The highest BCUT2D eigenvalue weighted by Gasteiger charge is 2.39. The SMILES string of the molecule is COc1ccc(CSC2CCN(S(=O)(=O)c3ccc4ccccc4c3)CC2C(=O)O)cc1. The minimum atomic E-state index is -3.77. The van der Waals surface area contributed by atoms with Crippen LogP contribution >= 0.6 is 11.8 Å². The van der Waals surface area contributed by atoms with Gasteiger partial charge < -0.3 is 9.84 Å². The summed E-state index contributed by atoms with van der Waals surface area (Å²) >= 11 is 1.57. The van der Waals surface area contributed by atoms with Crippen molar-refractivity contribution in [1.82, 2.24) is 4.31 Å². The first-order valence-corrected chi connectivity index (χ1v) is 12.8. The van der Waals surface area contributed by atoms with E-state index in [0.717, 1.165) is 22.1 Å². The van der Waals surface area contributed by atoms with Crippen LogP contribution < -0.4 is 4.74 Å². The second-order valence-corrected chi connectivity index (χ2v) is 11.0. The molecule has 0 amide bonds. The molecule has 1 aliphatic rings. The Labute approximate surface area is 192 Å². The molecule has 2 unspecified atom stereocenters. The van der Waals surface area contributed by atoms with E-state index in [4.69, 9.17) is 4.74 Å². The zero-order chi connectivity index (χ0) is 22.7. The van der Waals surface area contributed by atoms with Crippen LogP contribution in [0.2, 0.25) is 0 Å². The lowest BCUT2D eigenvalue weighted by molar-refractivity contribution is -0.142. The lowest BCUT2D eigenvalue weighted by Crippen LogP contribution is -2.47. The van der Waals surface area contributed by atoms with Crippen LogP contribution in [0, 0.1) is 5.92 Å². The number of carboxylic acid groups (broad SMARTS) is 1. The van der Waals surface area contributed by atoms with Gasteiger partial charge >= 0.3 is 5.97 Å². The number of sulfonamides is 1. The van der Waals surface area contributed by atoms with Gasteiger partial charge in [-0.3, -0.25) is 4.79 Å². The Morgan fingerprint density at radius 2 is 1.81 bits per heavy atom. The molecule has 1 fully saturated rings. The largest absolute Gasteiger partial charge is 0.497 e. The molecule has 3 aromatic rings. The van der Waals surface area contributed by atoms with Crippen molar-refractivity contribution < 1.29 is 23.1 Å². The standard InChI is InChI=1S/C24H25NO5S2/c1-30-20-9-6-17(7-10-20)16-31-23-12-13-25(15-22(23)24(26)27)32(28,29)21-11-8-18-4-2-3-5-19(18)14-21/h2-11,14,22-23H,12-13,15-16H2,1H3,(H,26,27). The van der Waals surface area contributed by atoms with Gasteiger partial charge in [0, 0.05) is 24.1 Å². The van der Waals surface area contributed by atoms with Gasteiger partial charge in [0.05, 0.1) is 17.9 Å². The van der Waals surface area contributed by atoms with Gasteiger partial charge in [-0.15, -0.1) is 0 Å². The van der Waals surface area contributed by atoms with E-state index in [9.17, 15) is 18.3 Å². The highest BCUT2D eigenvalue weighted by Crippen LogP contribution is 2.34. The fourth-order valence-corrected chi connectivity index (χ4v) is 6.78. The Balaban J connectivity index is 1.48. The van der Waals surface area contributed by atoms with Crippen molar-refractivity contribution in [3.05, 3.63) is 72.3 Å². The first-order valence-electron chi connectivity index (χ1n) is 10.3. The van der Waals surface area contributed by atoms with E-state index in [-0.39, 0.29) is 16.7 Å². The van der Waals surface area contributed by atoms with E-state index in [2.05, 4.69) is 0 Å². The fourth-order valence-electron chi connectivity index (χ4n) is 3.96. The van der Waals surface area contributed by atoms with Crippen molar-refractivity contribution in [1.29, 1.82) is 0 Å². The molecule has 1 aliphatic heterocycles. The molecular weight excluding hydrogens is 446 g/mol. The number of hydrogen-bond acceptors (Lipinski definition) is 5. The minimum absolute atomic E-state index is 0.0230. The van der Waals surface area contributed by atoms with Crippen molar-refractivity contribution in [3.8, 4) is 5.75 Å². The normalized spacial score (nSPS) is 19.7. The summed E-state index contributed by atoms with van der Waals surface area (Å²) in [5, 5.41) is 11.5. The Bertz CT molecular complexity index is 1210. The fraction of sp³-hybridized carbons (Fsp3) is 0.292. The first kappa shape index (κ1) is 22.6. The highest BCUT2D eigenvalue weighted by atomic mass is 32.2. The second-order valence-electron chi connectivity index (χ2n) is 7.80. The predicted molar refractivity (Wildman–Crippen MR) is 127 cm³/mol. The molecule has 0 aliphatic carbocycles. The molecule has 4 rings (SSSR count). The molecule has 0 bridgehead atoms. The van der Waals surface area contributed by atoms with Gasteiger partial charge in [-0.05, 0) is 47.0 Å². The summed E-state index contributed by atoms with van der Waals surface area (Å²) in [6.45, 7) is 0.282. The van der Waals surface area contributed by atoms with Crippen molar-refractivity contribution >= 4 is 38.5 Å². The third kappa shape index (κ3) is 4.77. The third-order valence-corrected chi connectivity index (χ3v) is 9.16. The number of carboxylic acids is 1. The van der Waals surface area contributed by atoms with Crippen molar-refractivity contribution in [2.75, 3.05) is 20.2 Å². The van der Waals surface area contributed by atoms with Crippen LogP contribution in [0.3, 0.4) is 0 Å². The van der Waals surface area contributed by atoms with E-state index < -0.39 is 21.9 Å². The number of aliphatic carboxylic acids is 1. The number of fused-ring (bicyclic) bond motifs is 1. The van der Waals surface area contributed by atoms with Crippen LogP contribution in [-0.2, 0) is 20.6 Å². The molecule has 0 aromatic heterocycles. The maximum absolute atomic E-state index is 13.3. The van der Waals surface area contributed by atoms with Gasteiger partial charge in [0.1, 0.15) is 5.75 Å². The van der Waals surface area contributed by atoms with E-state index in [1.165, 1.54) is 4.31 Å². The summed E-state index contributed by atoms with van der Waals surface area (Å²) in [4.78, 5) is 12.2. The molecule has 8 heteroatoms. The number of methoxy groups -OCH3 is 1. The molecule has 0 spiro atoms. The van der Waals surface area contributed by atoms with Crippen molar-refractivity contribution in [2.45, 2.75) is 22.3 Å². The van der Waals surface area contributed by atoms with Crippen molar-refractivity contribution in [2.24, 2.45) is 5.92 Å².